The number of cyclic esters (lactones) is 1. The van der Waals surface area contributed by atoms with Gasteiger partial charge in [0.25, 0.3) is 0 Å². The highest BCUT2D eigenvalue weighted by atomic mass is 35.5. The number of carbonyl (C=O) groups is 1. The van der Waals surface area contributed by atoms with E-state index < -0.39 is 16.0 Å². The van der Waals surface area contributed by atoms with Gasteiger partial charge in [-0.25, -0.2) is 18.4 Å². The van der Waals surface area contributed by atoms with E-state index in [1.807, 2.05) is 0 Å². The van der Waals surface area contributed by atoms with Crippen LogP contribution in [0.15, 0.2) is 53.4 Å². The van der Waals surface area contributed by atoms with Gasteiger partial charge in [0.15, 0.2) is 0 Å². The van der Waals surface area contributed by atoms with Crippen molar-refractivity contribution in [3.05, 3.63) is 64.7 Å². The third-order valence-electron chi connectivity index (χ3n) is 3.76. The first-order valence-corrected chi connectivity index (χ1v) is 9.08. The molecule has 0 aliphatic carbocycles. The van der Waals surface area contributed by atoms with Gasteiger partial charge in [-0.1, -0.05) is 35.9 Å². The number of primary sulfonamides is 1. The molecule has 1 aliphatic rings. The number of sulfonamides is 1. The molecule has 1 aliphatic heterocycles. The summed E-state index contributed by atoms with van der Waals surface area (Å²) in [5, 5.41) is 5.69. The van der Waals surface area contributed by atoms with Crippen molar-refractivity contribution in [1.82, 2.24) is 0 Å². The molecule has 124 valence electrons. The summed E-state index contributed by atoms with van der Waals surface area (Å²) in [7, 11) is -3.75. The smallest absolute Gasteiger partial charge is 0.339 e. The highest BCUT2D eigenvalue weighted by Crippen LogP contribution is 2.34. The number of benzene rings is 2. The van der Waals surface area contributed by atoms with Crippen molar-refractivity contribution >= 4 is 38.7 Å². The van der Waals surface area contributed by atoms with Gasteiger partial charge in [-0.05, 0) is 41.0 Å². The minimum Gasteiger partial charge on any atom is -0.462 e. The molecule has 2 aromatic carbocycles. The zero-order valence-electron chi connectivity index (χ0n) is 12.5. The van der Waals surface area contributed by atoms with Crippen LogP contribution in [-0.2, 0) is 19.6 Å². The van der Waals surface area contributed by atoms with Crippen molar-refractivity contribution in [2.75, 3.05) is 6.61 Å². The van der Waals surface area contributed by atoms with Crippen molar-refractivity contribution in [2.24, 2.45) is 5.14 Å². The van der Waals surface area contributed by atoms with Crippen LogP contribution in [0.2, 0.25) is 5.02 Å². The van der Waals surface area contributed by atoms with E-state index in [4.69, 9.17) is 21.5 Å². The Morgan fingerprint density at radius 2 is 1.54 bits per heavy atom. The molecule has 0 saturated heterocycles. The maximum absolute atomic E-state index is 12.3. The van der Waals surface area contributed by atoms with Gasteiger partial charge < -0.3 is 4.74 Å². The molecule has 3 rings (SSSR count). The molecule has 0 unspecified atom stereocenters. The van der Waals surface area contributed by atoms with Gasteiger partial charge in [-0.3, -0.25) is 0 Å². The van der Waals surface area contributed by atoms with E-state index >= 15 is 0 Å². The molecule has 0 radical (unpaired) electrons. The van der Waals surface area contributed by atoms with E-state index in [-0.39, 0.29) is 11.5 Å². The summed E-state index contributed by atoms with van der Waals surface area (Å²) in [6.45, 7) is 0.280. The van der Waals surface area contributed by atoms with Gasteiger partial charge in [0.05, 0.1) is 17.1 Å². The third-order valence-corrected chi connectivity index (χ3v) is 4.94. The monoisotopic (exact) mass is 363 g/mol. The van der Waals surface area contributed by atoms with E-state index in [1.54, 1.807) is 36.4 Å². The van der Waals surface area contributed by atoms with E-state index in [9.17, 15) is 13.2 Å². The first-order chi connectivity index (χ1) is 11.4. The minimum absolute atomic E-state index is 0.0262. The lowest BCUT2D eigenvalue weighted by molar-refractivity contribution is -0.136. The summed E-state index contributed by atoms with van der Waals surface area (Å²) >= 11 is 5.90. The largest absolute Gasteiger partial charge is 0.462 e. The molecule has 24 heavy (non-hydrogen) atoms. The SMILES string of the molecule is NS(=O)(=O)c1ccc(C2=C(c3ccc(Cl)cc3)C(=O)OCC2)cc1. The van der Waals surface area contributed by atoms with E-state index in [0.717, 1.165) is 11.1 Å². The topological polar surface area (TPSA) is 86.5 Å². The first kappa shape index (κ1) is 16.7. The molecular formula is C17H14ClNO4S. The van der Waals surface area contributed by atoms with Crippen LogP contribution in [0.3, 0.4) is 0 Å². The number of ether oxygens (including phenoxy) is 1. The quantitative estimate of drug-likeness (QED) is 0.849. The van der Waals surface area contributed by atoms with Gasteiger partial charge in [0.1, 0.15) is 0 Å². The fraction of sp³-hybridized carbons (Fsp3) is 0.118. The highest BCUT2D eigenvalue weighted by molar-refractivity contribution is 7.89. The average molecular weight is 364 g/mol. The highest BCUT2D eigenvalue weighted by Gasteiger charge is 2.24. The van der Waals surface area contributed by atoms with Crippen molar-refractivity contribution in [1.29, 1.82) is 0 Å². The van der Waals surface area contributed by atoms with Gasteiger partial charge in [-0.2, -0.15) is 0 Å². The normalized spacial score (nSPS) is 15.3. The summed E-state index contributed by atoms with van der Waals surface area (Å²) in [4.78, 5) is 12.3. The number of halogens is 1. The molecule has 0 bridgehead atoms. The Balaban J connectivity index is 2.12. The zero-order chi connectivity index (χ0) is 17.3. The molecule has 0 fully saturated rings. The Labute approximate surface area is 144 Å². The van der Waals surface area contributed by atoms with Crippen molar-refractivity contribution in [3.8, 4) is 0 Å². The van der Waals surface area contributed by atoms with Gasteiger partial charge >= 0.3 is 5.97 Å². The lowest BCUT2D eigenvalue weighted by Gasteiger charge is -2.20. The standard InChI is InChI=1S/C17H14ClNO4S/c18-13-5-1-12(2-6-13)16-15(9-10-23-17(16)20)11-3-7-14(8-4-11)24(19,21)22/h1-8H,9-10H2,(H2,19,21,22). The molecule has 7 heteroatoms. The van der Waals surface area contributed by atoms with Crippen LogP contribution in [0, 0.1) is 0 Å². The Kier molecular flexibility index (Phi) is 4.45. The second-order valence-electron chi connectivity index (χ2n) is 5.32. The van der Waals surface area contributed by atoms with Crippen molar-refractivity contribution in [3.63, 3.8) is 0 Å². The summed E-state index contributed by atoms with van der Waals surface area (Å²) in [5.41, 5.74) is 2.72. The Hall–Kier alpha value is -2.15. The van der Waals surface area contributed by atoms with Crippen LogP contribution >= 0.6 is 11.6 Å². The van der Waals surface area contributed by atoms with Crippen LogP contribution in [0.5, 0.6) is 0 Å². The average Bonchev–Trinajstić information content (AvgIpc) is 2.55. The predicted octanol–water partition coefficient (Wildman–Crippen LogP) is 2.85. The summed E-state index contributed by atoms with van der Waals surface area (Å²) in [6.07, 6.45) is 0.540. The molecule has 2 aromatic rings. The number of esters is 1. The second-order valence-corrected chi connectivity index (χ2v) is 7.31. The molecular weight excluding hydrogens is 350 g/mol. The van der Waals surface area contributed by atoms with Gasteiger partial charge in [0.2, 0.25) is 10.0 Å². The maximum Gasteiger partial charge on any atom is 0.339 e. The second kappa shape index (κ2) is 6.39. The Morgan fingerprint density at radius 1 is 0.958 bits per heavy atom. The number of nitrogens with two attached hydrogens (primary N) is 1. The molecule has 0 saturated carbocycles. The minimum atomic E-state index is -3.75. The van der Waals surface area contributed by atoms with Crippen molar-refractivity contribution in [2.45, 2.75) is 11.3 Å². The Morgan fingerprint density at radius 3 is 2.12 bits per heavy atom. The number of carbonyl (C=O) groups excluding carboxylic acids is 1. The van der Waals surface area contributed by atoms with Crippen LogP contribution in [0.1, 0.15) is 17.5 Å². The van der Waals surface area contributed by atoms with E-state index in [0.29, 0.717) is 22.6 Å². The molecule has 0 spiro atoms. The number of hydrogen-bond donors (Lipinski definition) is 1. The van der Waals surface area contributed by atoms with Crippen LogP contribution < -0.4 is 5.14 Å². The summed E-state index contributed by atoms with van der Waals surface area (Å²) in [5.74, 6) is -0.408. The first-order valence-electron chi connectivity index (χ1n) is 7.16. The van der Waals surface area contributed by atoms with E-state index in [2.05, 4.69) is 0 Å². The lowest BCUT2D eigenvalue weighted by atomic mass is 9.91. The summed E-state index contributed by atoms with van der Waals surface area (Å²) < 4.78 is 27.9. The zero-order valence-corrected chi connectivity index (χ0v) is 14.1. The van der Waals surface area contributed by atoms with E-state index in [1.165, 1.54) is 12.1 Å². The van der Waals surface area contributed by atoms with Gasteiger partial charge in [0, 0.05) is 11.4 Å². The molecule has 0 aromatic heterocycles. The van der Waals surface area contributed by atoms with Crippen LogP contribution in [-0.4, -0.2) is 21.0 Å². The third kappa shape index (κ3) is 3.36. The number of hydrogen-bond acceptors (Lipinski definition) is 4. The van der Waals surface area contributed by atoms with Crippen LogP contribution in [0.25, 0.3) is 11.1 Å². The predicted molar refractivity (Wildman–Crippen MR) is 91.7 cm³/mol. The Bertz CT molecular complexity index is 916. The van der Waals surface area contributed by atoms with Gasteiger partial charge in [-0.15, -0.1) is 0 Å². The molecule has 0 atom stereocenters. The molecule has 2 N–H and O–H groups in total. The number of rotatable bonds is 3. The molecule has 0 amide bonds. The molecule has 1 heterocycles. The summed E-state index contributed by atoms with van der Waals surface area (Å²) in [6, 6.07) is 13.0. The maximum atomic E-state index is 12.3. The van der Waals surface area contributed by atoms with Crippen molar-refractivity contribution < 1.29 is 17.9 Å². The molecule has 5 nitrogen and oxygen atoms in total. The fourth-order valence-electron chi connectivity index (χ4n) is 2.61. The lowest BCUT2D eigenvalue weighted by Crippen LogP contribution is -2.16. The fourth-order valence-corrected chi connectivity index (χ4v) is 3.25. The van der Waals surface area contributed by atoms with Crippen LogP contribution in [0.4, 0.5) is 0 Å².